The Balaban J connectivity index is 1.66. The highest BCUT2D eigenvalue weighted by Crippen LogP contribution is 2.54. The summed E-state index contributed by atoms with van der Waals surface area (Å²) in [6, 6.07) is 3.00. The number of rotatable bonds is 6. The molecule has 0 aromatic carbocycles. The molecule has 0 radical (unpaired) electrons. The van der Waals surface area contributed by atoms with Crippen molar-refractivity contribution in [3.8, 4) is 5.88 Å². The molecular weight excluding hydrogens is 307 g/mol. The van der Waals surface area contributed by atoms with Gasteiger partial charge in [0.2, 0.25) is 5.88 Å². The number of sulfone groups is 1. The van der Waals surface area contributed by atoms with Crippen LogP contribution in [0.1, 0.15) is 19.3 Å². The molecular formula is C15H19FN2O3S. The Bertz CT molecular complexity index is 663. The van der Waals surface area contributed by atoms with Gasteiger partial charge >= 0.3 is 0 Å². The molecule has 2 saturated carbocycles. The second-order valence-corrected chi connectivity index (χ2v) is 8.21. The summed E-state index contributed by atoms with van der Waals surface area (Å²) >= 11 is 0. The molecule has 22 heavy (non-hydrogen) atoms. The van der Waals surface area contributed by atoms with Crippen LogP contribution in [0.4, 0.5) is 4.39 Å². The molecule has 2 aliphatic carbocycles. The van der Waals surface area contributed by atoms with E-state index in [9.17, 15) is 12.8 Å². The zero-order valence-electron chi connectivity index (χ0n) is 12.1. The summed E-state index contributed by atoms with van der Waals surface area (Å²) in [7, 11) is -3.31. The highest BCUT2D eigenvalue weighted by atomic mass is 32.2. The number of hydrogen-bond donors (Lipinski definition) is 1. The van der Waals surface area contributed by atoms with Crippen molar-refractivity contribution in [2.24, 2.45) is 17.6 Å². The maximum atomic E-state index is 12.5. The average Bonchev–Trinajstić information content (AvgIpc) is 3.14. The molecule has 2 unspecified atom stereocenters. The maximum Gasteiger partial charge on any atom is 0.213 e. The van der Waals surface area contributed by atoms with E-state index in [1.54, 1.807) is 0 Å². The van der Waals surface area contributed by atoms with Crippen molar-refractivity contribution in [3.63, 3.8) is 0 Å². The number of aromatic nitrogens is 1. The van der Waals surface area contributed by atoms with E-state index < -0.39 is 9.84 Å². The molecule has 2 fully saturated rings. The third kappa shape index (κ3) is 3.01. The number of fused-ring (bicyclic) bond motifs is 1. The first-order valence-electron chi connectivity index (χ1n) is 7.35. The van der Waals surface area contributed by atoms with Crippen molar-refractivity contribution in [2.45, 2.75) is 29.4 Å². The fourth-order valence-electron chi connectivity index (χ4n) is 3.03. The van der Waals surface area contributed by atoms with Crippen LogP contribution in [-0.2, 0) is 9.84 Å². The van der Waals surface area contributed by atoms with Gasteiger partial charge in [-0.25, -0.2) is 17.8 Å². The first-order chi connectivity index (χ1) is 10.5. The van der Waals surface area contributed by atoms with Gasteiger partial charge in [-0.2, -0.15) is 0 Å². The monoisotopic (exact) mass is 326 g/mol. The molecule has 0 bridgehead atoms. The molecule has 1 aromatic heterocycles. The molecule has 5 nitrogen and oxygen atoms in total. The minimum atomic E-state index is -3.31. The van der Waals surface area contributed by atoms with Crippen LogP contribution in [0.3, 0.4) is 0 Å². The van der Waals surface area contributed by atoms with Gasteiger partial charge < -0.3 is 10.5 Å². The highest BCUT2D eigenvalue weighted by molar-refractivity contribution is 7.92. The molecule has 2 N–H and O–H groups in total. The topological polar surface area (TPSA) is 82.3 Å². The van der Waals surface area contributed by atoms with Crippen LogP contribution >= 0.6 is 0 Å². The number of halogens is 1. The zero-order valence-corrected chi connectivity index (χ0v) is 12.9. The first-order valence-corrected chi connectivity index (χ1v) is 8.90. The molecule has 1 heterocycles. The number of ether oxygens (including phenoxy) is 1. The lowest BCUT2D eigenvalue weighted by Gasteiger charge is -2.13. The van der Waals surface area contributed by atoms with Crippen LogP contribution in [0.25, 0.3) is 0 Å². The molecule has 120 valence electrons. The molecule has 3 rings (SSSR count). The molecule has 7 heteroatoms. The van der Waals surface area contributed by atoms with Crippen LogP contribution in [0, 0.1) is 11.8 Å². The van der Waals surface area contributed by atoms with Crippen molar-refractivity contribution >= 4 is 9.84 Å². The first kappa shape index (κ1) is 15.4. The van der Waals surface area contributed by atoms with E-state index in [1.807, 2.05) is 0 Å². The van der Waals surface area contributed by atoms with Gasteiger partial charge in [0.25, 0.3) is 0 Å². The summed E-state index contributed by atoms with van der Waals surface area (Å²) in [5.74, 6) is 1.47. The molecule has 1 aromatic rings. The predicted octanol–water partition coefficient (Wildman–Crippen LogP) is 1.84. The third-order valence-corrected chi connectivity index (χ3v) is 6.66. The summed E-state index contributed by atoms with van der Waals surface area (Å²) < 4.78 is 42.7. The quantitative estimate of drug-likeness (QED) is 0.862. The molecule has 2 aliphatic rings. The minimum Gasteiger partial charge on any atom is -0.473 e. The fourth-order valence-corrected chi connectivity index (χ4v) is 4.87. The van der Waals surface area contributed by atoms with Gasteiger partial charge in [-0.3, -0.25) is 0 Å². The molecule has 2 atom stereocenters. The normalized spacial score (nSPS) is 27.5. The molecule has 0 saturated heterocycles. The van der Waals surface area contributed by atoms with Crippen molar-refractivity contribution in [2.75, 3.05) is 13.2 Å². The standard InChI is InChI=1S/C15H19FN2O3S/c16-6-10(7-17)9-21-15-2-1-13(8-18-15)22(19,20)14-4-11-3-12(11)5-14/h1-2,6,8,11-12,14H,3-5,7,9,17H2/b10-6+. The largest absolute Gasteiger partial charge is 0.473 e. The van der Waals surface area contributed by atoms with Crippen molar-refractivity contribution in [3.05, 3.63) is 30.2 Å². The summed E-state index contributed by atoms with van der Waals surface area (Å²) in [5.41, 5.74) is 5.63. The summed E-state index contributed by atoms with van der Waals surface area (Å²) in [6.45, 7) is 0.0606. The summed E-state index contributed by atoms with van der Waals surface area (Å²) in [5, 5.41) is -0.275. The van der Waals surface area contributed by atoms with Gasteiger partial charge in [0.05, 0.1) is 16.5 Å². The van der Waals surface area contributed by atoms with E-state index in [2.05, 4.69) is 4.98 Å². The van der Waals surface area contributed by atoms with Gasteiger partial charge in [-0.05, 0) is 37.2 Å². The summed E-state index contributed by atoms with van der Waals surface area (Å²) in [4.78, 5) is 4.22. The Hall–Kier alpha value is -1.47. The molecule has 0 spiro atoms. The van der Waals surface area contributed by atoms with E-state index in [4.69, 9.17) is 10.5 Å². The van der Waals surface area contributed by atoms with Gasteiger partial charge in [-0.1, -0.05) is 0 Å². The molecule has 0 aliphatic heterocycles. The SMILES string of the molecule is NC/C(=C\F)COc1ccc(S(=O)(=O)C2CC3CC3C2)cn1. The molecule has 0 amide bonds. The van der Waals surface area contributed by atoms with Crippen LogP contribution < -0.4 is 10.5 Å². The van der Waals surface area contributed by atoms with Crippen LogP contribution in [0.15, 0.2) is 35.1 Å². The van der Waals surface area contributed by atoms with Crippen molar-refractivity contribution in [1.29, 1.82) is 0 Å². The lowest BCUT2D eigenvalue weighted by molar-refractivity contribution is 0.333. The van der Waals surface area contributed by atoms with Crippen LogP contribution in [0.2, 0.25) is 0 Å². The maximum absolute atomic E-state index is 12.5. The van der Waals surface area contributed by atoms with E-state index in [1.165, 1.54) is 24.8 Å². The number of nitrogens with two attached hydrogens (primary N) is 1. The Labute approximate surface area is 129 Å². The second-order valence-electron chi connectivity index (χ2n) is 5.99. The van der Waals surface area contributed by atoms with Crippen molar-refractivity contribution < 1.29 is 17.5 Å². The summed E-state index contributed by atoms with van der Waals surface area (Å²) in [6.07, 6.45) is 4.45. The van der Waals surface area contributed by atoms with Crippen LogP contribution in [0.5, 0.6) is 5.88 Å². The Morgan fingerprint density at radius 2 is 2.09 bits per heavy atom. The number of nitrogens with zero attached hydrogens (tertiary/aromatic N) is 1. The third-order valence-electron chi connectivity index (χ3n) is 4.50. The van der Waals surface area contributed by atoms with Gasteiger partial charge in [0.15, 0.2) is 9.84 Å². The Morgan fingerprint density at radius 3 is 2.64 bits per heavy atom. The number of hydrogen-bond acceptors (Lipinski definition) is 5. The Morgan fingerprint density at radius 1 is 1.36 bits per heavy atom. The van der Waals surface area contributed by atoms with E-state index in [-0.39, 0.29) is 29.2 Å². The smallest absolute Gasteiger partial charge is 0.213 e. The van der Waals surface area contributed by atoms with E-state index in [0.717, 1.165) is 12.8 Å². The van der Waals surface area contributed by atoms with Gasteiger partial charge in [0, 0.05) is 24.4 Å². The van der Waals surface area contributed by atoms with E-state index >= 15 is 0 Å². The lowest BCUT2D eigenvalue weighted by Crippen LogP contribution is -2.20. The highest BCUT2D eigenvalue weighted by Gasteiger charge is 2.50. The van der Waals surface area contributed by atoms with Gasteiger partial charge in [-0.15, -0.1) is 0 Å². The minimum absolute atomic E-state index is 0.00190. The second kappa shape index (κ2) is 5.96. The van der Waals surface area contributed by atoms with Crippen LogP contribution in [-0.4, -0.2) is 31.8 Å². The average molecular weight is 326 g/mol. The zero-order chi connectivity index (χ0) is 15.7. The fraction of sp³-hybridized carbons (Fsp3) is 0.533. The van der Waals surface area contributed by atoms with Crippen molar-refractivity contribution in [1.82, 2.24) is 4.98 Å². The van der Waals surface area contributed by atoms with Gasteiger partial charge in [0.1, 0.15) is 6.61 Å². The predicted molar refractivity (Wildman–Crippen MR) is 79.8 cm³/mol. The Kier molecular flexibility index (Phi) is 4.18. The number of pyridine rings is 1. The van der Waals surface area contributed by atoms with E-state index in [0.29, 0.717) is 23.7 Å². The lowest BCUT2D eigenvalue weighted by atomic mass is 10.2.